The van der Waals surface area contributed by atoms with E-state index >= 15 is 0 Å². The molecule has 0 aliphatic carbocycles. The van der Waals surface area contributed by atoms with Gasteiger partial charge in [-0.25, -0.2) is 9.78 Å². The highest BCUT2D eigenvalue weighted by atomic mass is 16.5. The van der Waals surface area contributed by atoms with Crippen LogP contribution in [0.5, 0.6) is 0 Å². The van der Waals surface area contributed by atoms with E-state index in [-0.39, 0.29) is 12.0 Å². The van der Waals surface area contributed by atoms with Crippen molar-refractivity contribution in [3.8, 4) is 0 Å². The van der Waals surface area contributed by atoms with E-state index in [0.717, 1.165) is 22.4 Å². The van der Waals surface area contributed by atoms with Crippen LogP contribution in [-0.4, -0.2) is 65.1 Å². The quantitative estimate of drug-likeness (QED) is 0.925. The Hall–Kier alpha value is -2.57. The molecule has 7 nitrogen and oxygen atoms in total. The summed E-state index contributed by atoms with van der Waals surface area (Å²) in [6.07, 6.45) is 0.0160. The molecule has 0 unspecified atom stereocenters. The van der Waals surface area contributed by atoms with E-state index in [1.54, 1.807) is 9.80 Å². The number of nitrogens with zero attached hydrogens (tertiary/aromatic N) is 3. The molecular formula is C18H24N4O3. The molecule has 3 rings (SSSR count). The van der Waals surface area contributed by atoms with Crippen LogP contribution in [0.15, 0.2) is 18.2 Å². The number of H-pyrrole nitrogens is 1. The third kappa shape index (κ3) is 3.75. The highest BCUT2D eigenvalue weighted by Gasteiger charge is 2.24. The predicted molar refractivity (Wildman–Crippen MR) is 94.4 cm³/mol. The second-order valence-corrected chi connectivity index (χ2v) is 6.64. The van der Waals surface area contributed by atoms with E-state index in [2.05, 4.69) is 23.8 Å². The summed E-state index contributed by atoms with van der Waals surface area (Å²) >= 11 is 0. The maximum Gasteiger partial charge on any atom is 0.409 e. The van der Waals surface area contributed by atoms with Gasteiger partial charge in [0.05, 0.1) is 24.6 Å². The zero-order valence-corrected chi connectivity index (χ0v) is 14.9. The van der Waals surface area contributed by atoms with Crippen molar-refractivity contribution < 1.29 is 14.3 Å². The first kappa shape index (κ1) is 17.3. The monoisotopic (exact) mass is 344 g/mol. The number of rotatable bonds is 3. The molecule has 2 heterocycles. The van der Waals surface area contributed by atoms with Gasteiger partial charge in [-0.1, -0.05) is 19.9 Å². The molecule has 1 saturated heterocycles. The number of piperazine rings is 1. The third-order valence-corrected chi connectivity index (χ3v) is 4.53. The van der Waals surface area contributed by atoms with Crippen molar-refractivity contribution in [3.05, 3.63) is 29.6 Å². The van der Waals surface area contributed by atoms with Crippen LogP contribution in [-0.2, 0) is 16.0 Å². The molecule has 1 aliphatic rings. The molecule has 0 spiro atoms. The van der Waals surface area contributed by atoms with Gasteiger partial charge in [-0.2, -0.15) is 0 Å². The molecular weight excluding hydrogens is 320 g/mol. The van der Waals surface area contributed by atoms with Gasteiger partial charge in [0.25, 0.3) is 0 Å². The summed E-state index contributed by atoms with van der Waals surface area (Å²) in [5, 5.41) is 0. The van der Waals surface area contributed by atoms with Gasteiger partial charge in [0.1, 0.15) is 5.82 Å². The van der Waals surface area contributed by atoms with Crippen molar-refractivity contribution in [3.63, 3.8) is 0 Å². The molecule has 1 fully saturated rings. The summed E-state index contributed by atoms with van der Waals surface area (Å²) in [6, 6.07) is 5.90. The van der Waals surface area contributed by atoms with Crippen LogP contribution in [0.25, 0.3) is 11.0 Å². The Balaban J connectivity index is 1.63. The third-order valence-electron chi connectivity index (χ3n) is 4.53. The summed E-state index contributed by atoms with van der Waals surface area (Å²) in [6.45, 7) is 6.28. The highest BCUT2D eigenvalue weighted by Crippen LogP contribution is 2.19. The highest BCUT2D eigenvalue weighted by molar-refractivity contribution is 5.82. The number of aromatic nitrogens is 2. The molecule has 0 atom stereocenters. The second-order valence-electron chi connectivity index (χ2n) is 6.64. The Morgan fingerprint density at radius 1 is 1.20 bits per heavy atom. The SMILES string of the molecule is COC(=O)N1CCN(C(=O)Cc2ccc3nc(C(C)C)[nH]c3c2)CC1. The van der Waals surface area contributed by atoms with Crippen LogP contribution in [0, 0.1) is 0 Å². The number of carbonyl (C=O) groups excluding carboxylic acids is 2. The van der Waals surface area contributed by atoms with Gasteiger partial charge in [0.2, 0.25) is 5.91 Å². The molecule has 0 radical (unpaired) electrons. The van der Waals surface area contributed by atoms with Gasteiger partial charge in [-0.15, -0.1) is 0 Å². The van der Waals surface area contributed by atoms with Crippen LogP contribution in [0.4, 0.5) is 4.79 Å². The standard InChI is InChI=1S/C18H24N4O3/c1-12(2)17-19-14-5-4-13(10-15(14)20-17)11-16(23)21-6-8-22(9-7-21)18(24)25-3/h4-5,10,12H,6-9,11H2,1-3H3,(H,19,20). The predicted octanol–water partition coefficient (Wildman–Crippen LogP) is 2.14. The van der Waals surface area contributed by atoms with Gasteiger partial charge in [-0.05, 0) is 17.7 Å². The number of imidazole rings is 1. The molecule has 1 N–H and O–H groups in total. The van der Waals surface area contributed by atoms with Crippen molar-refractivity contribution in [2.45, 2.75) is 26.2 Å². The Labute approximate surface area is 147 Å². The molecule has 7 heteroatoms. The number of aromatic amines is 1. The van der Waals surface area contributed by atoms with Crippen molar-refractivity contribution in [2.75, 3.05) is 33.3 Å². The van der Waals surface area contributed by atoms with Gasteiger partial charge in [0, 0.05) is 32.1 Å². The number of hydrogen-bond donors (Lipinski definition) is 1. The van der Waals surface area contributed by atoms with Crippen LogP contribution in [0.2, 0.25) is 0 Å². The summed E-state index contributed by atoms with van der Waals surface area (Å²) in [5.74, 6) is 1.37. The minimum absolute atomic E-state index is 0.0764. The number of amides is 2. The van der Waals surface area contributed by atoms with Crippen molar-refractivity contribution in [1.82, 2.24) is 19.8 Å². The largest absolute Gasteiger partial charge is 0.453 e. The molecule has 25 heavy (non-hydrogen) atoms. The topological polar surface area (TPSA) is 78.5 Å². The van der Waals surface area contributed by atoms with E-state index in [4.69, 9.17) is 4.74 Å². The van der Waals surface area contributed by atoms with Crippen molar-refractivity contribution >= 4 is 23.0 Å². The summed E-state index contributed by atoms with van der Waals surface area (Å²) in [4.78, 5) is 35.3. The van der Waals surface area contributed by atoms with Crippen LogP contribution >= 0.6 is 0 Å². The smallest absolute Gasteiger partial charge is 0.409 e. The van der Waals surface area contributed by atoms with E-state index in [9.17, 15) is 9.59 Å². The average Bonchev–Trinajstić information content (AvgIpc) is 3.05. The first-order valence-electron chi connectivity index (χ1n) is 8.57. The molecule has 0 bridgehead atoms. The molecule has 134 valence electrons. The number of hydrogen-bond acceptors (Lipinski definition) is 4. The van der Waals surface area contributed by atoms with Gasteiger partial charge in [-0.3, -0.25) is 4.79 Å². The van der Waals surface area contributed by atoms with Gasteiger partial charge < -0.3 is 19.5 Å². The van der Waals surface area contributed by atoms with E-state index in [0.29, 0.717) is 38.5 Å². The maximum absolute atomic E-state index is 12.5. The lowest BCUT2D eigenvalue weighted by molar-refractivity contribution is -0.132. The van der Waals surface area contributed by atoms with Crippen LogP contribution < -0.4 is 0 Å². The molecule has 2 amide bonds. The number of fused-ring (bicyclic) bond motifs is 1. The Bertz CT molecular complexity index is 776. The minimum atomic E-state index is -0.335. The Morgan fingerprint density at radius 2 is 1.88 bits per heavy atom. The lowest BCUT2D eigenvalue weighted by Gasteiger charge is -2.33. The van der Waals surface area contributed by atoms with Crippen LogP contribution in [0.1, 0.15) is 31.2 Å². The van der Waals surface area contributed by atoms with Crippen molar-refractivity contribution in [2.24, 2.45) is 0 Å². The maximum atomic E-state index is 12.5. The zero-order valence-electron chi connectivity index (χ0n) is 14.9. The first-order valence-corrected chi connectivity index (χ1v) is 8.57. The number of carbonyl (C=O) groups is 2. The van der Waals surface area contributed by atoms with Gasteiger partial charge >= 0.3 is 6.09 Å². The normalized spacial score (nSPS) is 15.0. The lowest BCUT2D eigenvalue weighted by Crippen LogP contribution is -2.50. The van der Waals surface area contributed by atoms with E-state index in [1.807, 2.05) is 18.2 Å². The molecule has 1 aromatic heterocycles. The summed E-state index contributed by atoms with van der Waals surface area (Å²) < 4.78 is 4.71. The number of nitrogens with one attached hydrogen (secondary N) is 1. The fourth-order valence-electron chi connectivity index (χ4n) is 3.01. The number of ether oxygens (including phenoxy) is 1. The van der Waals surface area contributed by atoms with Crippen LogP contribution in [0.3, 0.4) is 0 Å². The van der Waals surface area contributed by atoms with E-state index < -0.39 is 0 Å². The molecule has 2 aromatic rings. The number of benzene rings is 1. The minimum Gasteiger partial charge on any atom is -0.453 e. The second kappa shape index (κ2) is 7.13. The van der Waals surface area contributed by atoms with Crippen molar-refractivity contribution in [1.29, 1.82) is 0 Å². The summed E-state index contributed by atoms with van der Waals surface area (Å²) in [5.41, 5.74) is 2.85. The molecule has 0 saturated carbocycles. The first-order chi connectivity index (χ1) is 12.0. The average molecular weight is 344 g/mol. The lowest BCUT2D eigenvalue weighted by atomic mass is 10.1. The molecule has 1 aliphatic heterocycles. The Morgan fingerprint density at radius 3 is 2.52 bits per heavy atom. The zero-order chi connectivity index (χ0) is 18.0. The fourth-order valence-corrected chi connectivity index (χ4v) is 3.01. The summed E-state index contributed by atoms with van der Waals surface area (Å²) in [7, 11) is 1.37. The van der Waals surface area contributed by atoms with Gasteiger partial charge in [0.15, 0.2) is 0 Å². The Kier molecular flexibility index (Phi) is 4.92. The number of methoxy groups -OCH3 is 1. The van der Waals surface area contributed by atoms with E-state index in [1.165, 1.54) is 7.11 Å². The fraction of sp³-hybridized carbons (Fsp3) is 0.500. The molecule has 1 aromatic carbocycles.